The molecule has 0 saturated heterocycles. The summed E-state index contributed by atoms with van der Waals surface area (Å²) in [5.41, 5.74) is 11.8. The summed E-state index contributed by atoms with van der Waals surface area (Å²) < 4.78 is 5.55. The van der Waals surface area contributed by atoms with Gasteiger partial charge in [0, 0.05) is 17.7 Å². The van der Waals surface area contributed by atoms with Crippen molar-refractivity contribution in [2.45, 2.75) is 39.3 Å². The monoisotopic (exact) mass is 403 g/mol. The molecule has 0 saturated carbocycles. The van der Waals surface area contributed by atoms with Crippen LogP contribution in [0.5, 0.6) is 5.88 Å². The summed E-state index contributed by atoms with van der Waals surface area (Å²) in [6, 6.07) is 20.2. The van der Waals surface area contributed by atoms with Gasteiger partial charge in [0.15, 0.2) is 0 Å². The Morgan fingerprint density at radius 2 is 1.80 bits per heavy atom. The van der Waals surface area contributed by atoms with Crippen molar-refractivity contribution in [3.63, 3.8) is 0 Å². The molecule has 0 aliphatic rings. The third-order valence-electron chi connectivity index (χ3n) is 5.29. The van der Waals surface area contributed by atoms with Gasteiger partial charge in [0.25, 0.3) is 0 Å². The molecule has 3 N–H and O–H groups in total. The van der Waals surface area contributed by atoms with Gasteiger partial charge in [-0.3, -0.25) is 4.79 Å². The van der Waals surface area contributed by atoms with E-state index in [4.69, 9.17) is 15.5 Å². The van der Waals surface area contributed by atoms with Crippen molar-refractivity contribution in [1.29, 1.82) is 0 Å². The number of carbonyl (C=O) groups excluding carboxylic acids is 1. The van der Waals surface area contributed by atoms with E-state index >= 15 is 0 Å². The predicted octanol–water partition coefficient (Wildman–Crippen LogP) is 4.48. The molecular formula is C25H29N3O2. The number of benzene rings is 2. The number of nitrogens with zero attached hydrogens (tertiary/aromatic N) is 1. The highest BCUT2D eigenvalue weighted by Crippen LogP contribution is 2.32. The molecule has 5 heteroatoms. The molecule has 1 heterocycles. The first-order valence-corrected chi connectivity index (χ1v) is 10.3. The molecule has 1 amide bonds. The Hall–Kier alpha value is -3.18. The number of amides is 1. The van der Waals surface area contributed by atoms with E-state index in [9.17, 15) is 4.79 Å². The minimum Gasteiger partial charge on any atom is -0.481 e. The number of carbonyl (C=O) groups is 1. The smallest absolute Gasteiger partial charge is 0.234 e. The highest BCUT2D eigenvalue weighted by Gasteiger charge is 2.16. The average Bonchev–Trinajstić information content (AvgIpc) is 2.77. The molecule has 0 bridgehead atoms. The molecule has 5 nitrogen and oxygen atoms in total. The van der Waals surface area contributed by atoms with E-state index in [0.717, 1.165) is 23.2 Å². The Morgan fingerprint density at radius 1 is 1.07 bits per heavy atom. The van der Waals surface area contributed by atoms with Crippen molar-refractivity contribution < 1.29 is 9.53 Å². The number of primary amides is 1. The van der Waals surface area contributed by atoms with Crippen LogP contribution in [0.25, 0.3) is 22.4 Å². The van der Waals surface area contributed by atoms with Crippen LogP contribution in [-0.2, 0) is 11.3 Å². The summed E-state index contributed by atoms with van der Waals surface area (Å²) in [4.78, 5) is 16.4. The molecule has 2 aromatic carbocycles. The lowest BCUT2D eigenvalue weighted by Gasteiger charge is -2.17. The van der Waals surface area contributed by atoms with E-state index in [1.54, 1.807) is 7.11 Å². The van der Waals surface area contributed by atoms with E-state index in [1.165, 1.54) is 16.7 Å². The van der Waals surface area contributed by atoms with Gasteiger partial charge < -0.3 is 15.8 Å². The quantitative estimate of drug-likeness (QED) is 0.552. The molecule has 0 fully saturated rings. The zero-order valence-corrected chi connectivity index (χ0v) is 17.8. The van der Waals surface area contributed by atoms with Gasteiger partial charge in [-0.05, 0) is 36.1 Å². The number of hydrogen-bond donors (Lipinski definition) is 2. The van der Waals surface area contributed by atoms with Crippen molar-refractivity contribution >= 4 is 5.91 Å². The van der Waals surface area contributed by atoms with Crippen LogP contribution < -0.4 is 15.8 Å². The number of hydrogen-bond acceptors (Lipinski definition) is 4. The lowest BCUT2D eigenvalue weighted by Crippen LogP contribution is -2.40. The molecule has 0 radical (unpaired) electrons. The lowest BCUT2D eigenvalue weighted by molar-refractivity contribution is -0.120. The standard InChI is InChI=1S/C25H29N3O2/c1-4-9-23(24(26)29)27-16-19-14-15-22(28-25(19)30-3)21-13-8-12-20(17(21)2)18-10-6-5-7-11-18/h5-8,10-15,23,27H,4,9,16H2,1-3H3,(H2,26,29). The van der Waals surface area contributed by atoms with Gasteiger partial charge >= 0.3 is 0 Å². The Morgan fingerprint density at radius 3 is 2.47 bits per heavy atom. The van der Waals surface area contributed by atoms with Crippen LogP contribution in [-0.4, -0.2) is 24.0 Å². The van der Waals surface area contributed by atoms with Crippen LogP contribution in [0.4, 0.5) is 0 Å². The third-order valence-corrected chi connectivity index (χ3v) is 5.29. The topological polar surface area (TPSA) is 77.2 Å². The predicted molar refractivity (Wildman–Crippen MR) is 121 cm³/mol. The fourth-order valence-electron chi connectivity index (χ4n) is 3.64. The second-order valence-corrected chi connectivity index (χ2v) is 7.33. The van der Waals surface area contributed by atoms with Crippen molar-refractivity contribution in [1.82, 2.24) is 10.3 Å². The highest BCUT2D eigenvalue weighted by molar-refractivity contribution is 5.80. The van der Waals surface area contributed by atoms with E-state index in [-0.39, 0.29) is 11.9 Å². The summed E-state index contributed by atoms with van der Waals surface area (Å²) in [6.07, 6.45) is 1.58. The zero-order chi connectivity index (χ0) is 21.5. The molecular weight excluding hydrogens is 374 g/mol. The molecule has 0 spiro atoms. The molecule has 30 heavy (non-hydrogen) atoms. The zero-order valence-electron chi connectivity index (χ0n) is 17.8. The highest BCUT2D eigenvalue weighted by atomic mass is 16.5. The second-order valence-electron chi connectivity index (χ2n) is 7.33. The van der Waals surface area contributed by atoms with Gasteiger partial charge in [-0.2, -0.15) is 0 Å². The average molecular weight is 404 g/mol. The van der Waals surface area contributed by atoms with E-state index in [1.807, 2.05) is 37.3 Å². The Bertz CT molecular complexity index is 1000. The summed E-state index contributed by atoms with van der Waals surface area (Å²) in [5, 5.41) is 3.22. The van der Waals surface area contributed by atoms with Gasteiger partial charge in [0.1, 0.15) is 0 Å². The SMILES string of the molecule is CCCC(NCc1ccc(-c2cccc(-c3ccccc3)c2C)nc1OC)C(N)=O. The van der Waals surface area contributed by atoms with Crippen LogP contribution in [0.2, 0.25) is 0 Å². The van der Waals surface area contributed by atoms with Crippen molar-refractivity contribution in [2.24, 2.45) is 5.73 Å². The maximum absolute atomic E-state index is 11.6. The Balaban J connectivity index is 1.89. The summed E-state index contributed by atoms with van der Waals surface area (Å²) in [7, 11) is 1.61. The van der Waals surface area contributed by atoms with Crippen LogP contribution in [0.15, 0.2) is 60.7 Å². The number of ether oxygens (including phenoxy) is 1. The van der Waals surface area contributed by atoms with Gasteiger partial charge in [0.05, 0.1) is 18.8 Å². The molecule has 1 aromatic heterocycles. The number of nitrogens with two attached hydrogens (primary N) is 1. The summed E-state index contributed by atoms with van der Waals surface area (Å²) in [5.74, 6) is 0.206. The van der Waals surface area contributed by atoms with Crippen molar-refractivity contribution in [3.8, 4) is 28.3 Å². The van der Waals surface area contributed by atoms with Crippen LogP contribution in [0.1, 0.15) is 30.9 Å². The van der Waals surface area contributed by atoms with Crippen molar-refractivity contribution in [3.05, 3.63) is 71.8 Å². The fourth-order valence-corrected chi connectivity index (χ4v) is 3.64. The summed E-state index contributed by atoms with van der Waals surface area (Å²) in [6.45, 7) is 4.61. The fraction of sp³-hybridized carbons (Fsp3) is 0.280. The van der Waals surface area contributed by atoms with E-state index < -0.39 is 0 Å². The number of aromatic nitrogens is 1. The number of pyridine rings is 1. The molecule has 1 unspecified atom stereocenters. The number of rotatable bonds is 9. The minimum atomic E-state index is -0.357. The maximum Gasteiger partial charge on any atom is 0.234 e. The first-order chi connectivity index (χ1) is 14.5. The molecule has 0 aliphatic heterocycles. The molecule has 156 valence electrons. The van der Waals surface area contributed by atoms with E-state index in [0.29, 0.717) is 18.8 Å². The Labute approximate surface area is 178 Å². The molecule has 3 rings (SSSR count). The number of nitrogens with one attached hydrogen (secondary N) is 1. The summed E-state index contributed by atoms with van der Waals surface area (Å²) >= 11 is 0. The van der Waals surface area contributed by atoms with Crippen LogP contribution in [0, 0.1) is 6.92 Å². The van der Waals surface area contributed by atoms with Gasteiger partial charge in [-0.15, -0.1) is 0 Å². The second kappa shape index (κ2) is 10.0. The van der Waals surface area contributed by atoms with Gasteiger partial charge in [-0.1, -0.05) is 67.9 Å². The van der Waals surface area contributed by atoms with Gasteiger partial charge in [0.2, 0.25) is 11.8 Å². The van der Waals surface area contributed by atoms with Crippen molar-refractivity contribution in [2.75, 3.05) is 7.11 Å². The van der Waals surface area contributed by atoms with Crippen LogP contribution in [0.3, 0.4) is 0 Å². The maximum atomic E-state index is 11.6. The Kier molecular flexibility index (Phi) is 7.20. The lowest BCUT2D eigenvalue weighted by atomic mass is 9.94. The van der Waals surface area contributed by atoms with Crippen LogP contribution >= 0.6 is 0 Å². The normalized spacial score (nSPS) is 11.8. The first-order valence-electron chi connectivity index (χ1n) is 10.3. The molecule has 0 aliphatic carbocycles. The molecule has 3 aromatic rings. The third kappa shape index (κ3) is 4.86. The van der Waals surface area contributed by atoms with E-state index in [2.05, 4.69) is 42.6 Å². The molecule has 1 atom stereocenters. The number of methoxy groups -OCH3 is 1. The van der Waals surface area contributed by atoms with Gasteiger partial charge in [-0.25, -0.2) is 4.98 Å². The first kappa shape index (κ1) is 21.5. The minimum absolute atomic E-state index is 0.339. The largest absolute Gasteiger partial charge is 0.481 e.